The first-order chi connectivity index (χ1) is 4.22. The molecule has 0 bridgehead atoms. The Labute approximate surface area is 70.8 Å². The Balaban J connectivity index is 0. The van der Waals surface area contributed by atoms with Crippen molar-refractivity contribution in [1.82, 2.24) is 0 Å². The second-order valence-electron chi connectivity index (χ2n) is 2.94. The summed E-state index contributed by atoms with van der Waals surface area (Å²) in [7, 11) is 0. The van der Waals surface area contributed by atoms with Crippen LogP contribution in [0.4, 0.5) is 0 Å². The molecule has 0 aliphatic heterocycles. The van der Waals surface area contributed by atoms with E-state index in [2.05, 4.69) is 20.8 Å². The average Bonchev–Trinajstić information content (AvgIpc) is 1.87. The molecule has 0 aliphatic rings. The zero-order chi connectivity index (χ0) is 7.28. The van der Waals surface area contributed by atoms with Crippen molar-refractivity contribution in [2.45, 2.75) is 33.6 Å². The van der Waals surface area contributed by atoms with Gasteiger partial charge in [0.25, 0.3) is 0 Å². The molecule has 0 aromatic rings. The summed E-state index contributed by atoms with van der Waals surface area (Å²) in [5.74, 6) is 1.65. The van der Waals surface area contributed by atoms with Gasteiger partial charge >= 0.3 is 0 Å². The average molecular weight is 166 g/mol. The van der Waals surface area contributed by atoms with Gasteiger partial charge in [-0.05, 0) is 24.8 Å². The van der Waals surface area contributed by atoms with Gasteiger partial charge in [0, 0.05) is 0 Å². The molecule has 2 atom stereocenters. The summed E-state index contributed by atoms with van der Waals surface area (Å²) >= 11 is 0. The predicted molar refractivity (Wildman–Crippen MR) is 49.5 cm³/mol. The van der Waals surface area contributed by atoms with E-state index in [1.165, 1.54) is 12.8 Å². The summed E-state index contributed by atoms with van der Waals surface area (Å²) < 4.78 is 0. The van der Waals surface area contributed by atoms with Crippen molar-refractivity contribution in [3.05, 3.63) is 0 Å². The maximum Gasteiger partial charge on any atom is -0.00746 e. The molecule has 0 saturated carbocycles. The van der Waals surface area contributed by atoms with Crippen LogP contribution in [0, 0.1) is 11.8 Å². The fourth-order valence-electron chi connectivity index (χ4n) is 0.950. The van der Waals surface area contributed by atoms with Crippen LogP contribution in [0.25, 0.3) is 0 Å². The molecule has 2 unspecified atom stereocenters. The molecule has 0 aliphatic carbocycles. The van der Waals surface area contributed by atoms with Crippen LogP contribution in [0.5, 0.6) is 0 Å². The Morgan fingerprint density at radius 1 is 1.20 bits per heavy atom. The van der Waals surface area contributed by atoms with Crippen molar-refractivity contribution in [3.8, 4) is 0 Å². The standard InChI is InChI=1S/C8H19N.ClH/c1-4-7(2)8(3)5-6-9;/h7-8H,4-6,9H2,1-3H3;1H. The van der Waals surface area contributed by atoms with E-state index in [1.54, 1.807) is 0 Å². The molecule has 10 heavy (non-hydrogen) atoms. The van der Waals surface area contributed by atoms with E-state index < -0.39 is 0 Å². The molecule has 0 fully saturated rings. The summed E-state index contributed by atoms with van der Waals surface area (Å²) in [6.07, 6.45) is 2.45. The van der Waals surface area contributed by atoms with Crippen molar-refractivity contribution >= 4 is 12.4 Å². The highest BCUT2D eigenvalue weighted by Gasteiger charge is 2.07. The van der Waals surface area contributed by atoms with E-state index in [0.717, 1.165) is 18.4 Å². The molecule has 2 heteroatoms. The van der Waals surface area contributed by atoms with Gasteiger partial charge in [-0.25, -0.2) is 0 Å². The van der Waals surface area contributed by atoms with Crippen LogP contribution in [0.1, 0.15) is 33.6 Å². The van der Waals surface area contributed by atoms with Crippen LogP contribution >= 0.6 is 12.4 Å². The van der Waals surface area contributed by atoms with E-state index >= 15 is 0 Å². The topological polar surface area (TPSA) is 26.0 Å². The quantitative estimate of drug-likeness (QED) is 0.681. The molecule has 0 saturated heterocycles. The Kier molecular flexibility index (Phi) is 9.48. The molecule has 0 spiro atoms. The molecule has 0 rings (SSSR count). The van der Waals surface area contributed by atoms with Gasteiger partial charge < -0.3 is 5.73 Å². The van der Waals surface area contributed by atoms with Crippen LogP contribution in [0.2, 0.25) is 0 Å². The van der Waals surface area contributed by atoms with Gasteiger partial charge in [0.15, 0.2) is 0 Å². The highest BCUT2D eigenvalue weighted by Crippen LogP contribution is 2.16. The molecule has 0 heterocycles. The van der Waals surface area contributed by atoms with Crippen molar-refractivity contribution in [3.63, 3.8) is 0 Å². The first-order valence-corrected chi connectivity index (χ1v) is 3.92. The minimum Gasteiger partial charge on any atom is -0.330 e. The second-order valence-corrected chi connectivity index (χ2v) is 2.94. The van der Waals surface area contributed by atoms with Gasteiger partial charge in [-0.15, -0.1) is 12.4 Å². The third-order valence-corrected chi connectivity index (χ3v) is 2.24. The highest BCUT2D eigenvalue weighted by molar-refractivity contribution is 5.85. The summed E-state index contributed by atoms with van der Waals surface area (Å²) in [6, 6.07) is 0. The first-order valence-electron chi connectivity index (χ1n) is 3.92. The summed E-state index contributed by atoms with van der Waals surface area (Å²) in [4.78, 5) is 0. The Morgan fingerprint density at radius 3 is 2.00 bits per heavy atom. The minimum absolute atomic E-state index is 0. The summed E-state index contributed by atoms with van der Waals surface area (Å²) in [5, 5.41) is 0. The Morgan fingerprint density at radius 2 is 1.70 bits per heavy atom. The SMILES string of the molecule is CCC(C)C(C)CCN.Cl. The number of nitrogens with two attached hydrogens (primary N) is 1. The van der Waals surface area contributed by atoms with Crippen molar-refractivity contribution in [1.29, 1.82) is 0 Å². The van der Waals surface area contributed by atoms with Crippen LogP contribution in [0.3, 0.4) is 0 Å². The number of halogens is 1. The van der Waals surface area contributed by atoms with Gasteiger partial charge in [0.1, 0.15) is 0 Å². The lowest BCUT2D eigenvalue weighted by Gasteiger charge is -2.16. The van der Waals surface area contributed by atoms with E-state index in [0.29, 0.717) is 0 Å². The van der Waals surface area contributed by atoms with E-state index in [-0.39, 0.29) is 12.4 Å². The maximum atomic E-state index is 5.42. The zero-order valence-corrected chi connectivity index (χ0v) is 8.08. The number of hydrogen-bond donors (Lipinski definition) is 1. The predicted octanol–water partition coefficient (Wildman–Crippen LogP) is 2.44. The lowest BCUT2D eigenvalue weighted by Crippen LogP contribution is -2.12. The van der Waals surface area contributed by atoms with Crippen molar-refractivity contribution in [2.24, 2.45) is 17.6 Å². The Bertz CT molecular complexity index is 66.3. The molecule has 0 amide bonds. The van der Waals surface area contributed by atoms with Crippen LogP contribution < -0.4 is 5.73 Å². The number of hydrogen-bond acceptors (Lipinski definition) is 1. The molecule has 64 valence electrons. The molecule has 0 aromatic carbocycles. The maximum absolute atomic E-state index is 5.42. The third kappa shape index (κ3) is 5.07. The Hall–Kier alpha value is 0.250. The third-order valence-electron chi connectivity index (χ3n) is 2.24. The van der Waals surface area contributed by atoms with Crippen molar-refractivity contribution < 1.29 is 0 Å². The van der Waals surface area contributed by atoms with E-state index in [4.69, 9.17) is 5.73 Å². The molecule has 0 radical (unpaired) electrons. The fraction of sp³-hybridized carbons (Fsp3) is 1.00. The smallest absolute Gasteiger partial charge is 0.00746 e. The molecular weight excluding hydrogens is 146 g/mol. The normalized spacial score (nSPS) is 15.6. The van der Waals surface area contributed by atoms with E-state index in [1.807, 2.05) is 0 Å². The molecular formula is C8H20ClN. The highest BCUT2D eigenvalue weighted by atomic mass is 35.5. The van der Waals surface area contributed by atoms with Gasteiger partial charge in [-0.1, -0.05) is 27.2 Å². The monoisotopic (exact) mass is 165 g/mol. The van der Waals surface area contributed by atoms with Gasteiger partial charge in [-0.2, -0.15) is 0 Å². The van der Waals surface area contributed by atoms with Gasteiger partial charge in [0.05, 0.1) is 0 Å². The van der Waals surface area contributed by atoms with E-state index in [9.17, 15) is 0 Å². The zero-order valence-electron chi connectivity index (χ0n) is 7.26. The summed E-state index contributed by atoms with van der Waals surface area (Å²) in [5.41, 5.74) is 5.42. The fourth-order valence-corrected chi connectivity index (χ4v) is 0.950. The lowest BCUT2D eigenvalue weighted by atomic mass is 9.91. The van der Waals surface area contributed by atoms with Crippen molar-refractivity contribution in [2.75, 3.05) is 6.54 Å². The van der Waals surface area contributed by atoms with Gasteiger partial charge in [0.2, 0.25) is 0 Å². The lowest BCUT2D eigenvalue weighted by molar-refractivity contribution is 0.359. The first kappa shape index (κ1) is 12.9. The second kappa shape index (κ2) is 7.36. The van der Waals surface area contributed by atoms with Gasteiger partial charge in [-0.3, -0.25) is 0 Å². The molecule has 1 nitrogen and oxygen atoms in total. The van der Waals surface area contributed by atoms with Crippen LogP contribution in [-0.2, 0) is 0 Å². The molecule has 0 aromatic heterocycles. The minimum atomic E-state index is 0. The summed E-state index contributed by atoms with van der Waals surface area (Å²) in [6.45, 7) is 7.64. The largest absolute Gasteiger partial charge is 0.330 e. The van der Waals surface area contributed by atoms with Crippen LogP contribution in [0.15, 0.2) is 0 Å². The molecule has 2 N–H and O–H groups in total. The number of rotatable bonds is 4. The van der Waals surface area contributed by atoms with Crippen LogP contribution in [-0.4, -0.2) is 6.54 Å².